The smallest absolute Gasteiger partial charge is 0.336 e. The minimum Gasteiger partial charge on any atom is -0.466 e. The van der Waals surface area contributed by atoms with Crippen LogP contribution in [-0.4, -0.2) is 23.0 Å². The zero-order valence-electron chi connectivity index (χ0n) is 15.2. The van der Waals surface area contributed by atoms with Crippen molar-refractivity contribution in [3.63, 3.8) is 0 Å². The van der Waals surface area contributed by atoms with Gasteiger partial charge in [0.1, 0.15) is 0 Å². The molecule has 0 amide bonds. The summed E-state index contributed by atoms with van der Waals surface area (Å²) in [4.78, 5) is 27.4. The Labute approximate surface area is 156 Å². The summed E-state index contributed by atoms with van der Waals surface area (Å²) >= 11 is 0. The average Bonchev–Trinajstić information content (AvgIpc) is 2.67. The summed E-state index contributed by atoms with van der Waals surface area (Å²) in [5.41, 5.74) is 4.30. The van der Waals surface area contributed by atoms with Crippen molar-refractivity contribution in [3.05, 3.63) is 87.0 Å². The fraction of sp³-hybridized carbons (Fsp3) is 0.200. The molecule has 3 rings (SSSR count). The number of ether oxygens (including phenoxy) is 1. The number of carbonyl (C=O) groups is 1. The van der Waals surface area contributed by atoms with Gasteiger partial charge in [0, 0.05) is 41.8 Å². The molecule has 0 saturated heterocycles. The number of methoxy groups -OCH3 is 1. The summed E-state index contributed by atoms with van der Waals surface area (Å²) < 4.78 is 5.00. The van der Waals surface area contributed by atoms with Crippen LogP contribution in [0, 0.1) is 10.1 Å². The Bertz CT molecular complexity index is 964. The van der Waals surface area contributed by atoms with E-state index in [2.05, 4.69) is 10.3 Å². The van der Waals surface area contributed by atoms with Crippen LogP contribution in [0.4, 0.5) is 5.69 Å². The fourth-order valence-corrected chi connectivity index (χ4v) is 3.44. The molecule has 7 nitrogen and oxygen atoms in total. The minimum absolute atomic E-state index is 0.0281. The standard InChI is InChI=1S/C20H19N3O4/c1-12-17(14-7-9-21-10-8-14)19(18(13(2)22-12)20(24)27-3)15-5-4-6-16(11-15)23(25)26/h4-11,19,22H,1-3H3. The Morgan fingerprint density at radius 3 is 2.52 bits per heavy atom. The van der Waals surface area contributed by atoms with Crippen LogP contribution < -0.4 is 5.32 Å². The highest BCUT2D eigenvalue weighted by molar-refractivity contribution is 5.97. The van der Waals surface area contributed by atoms with Crippen molar-refractivity contribution in [2.75, 3.05) is 7.11 Å². The molecule has 1 aliphatic heterocycles. The van der Waals surface area contributed by atoms with Crippen LogP contribution >= 0.6 is 0 Å². The van der Waals surface area contributed by atoms with Gasteiger partial charge in [0.2, 0.25) is 0 Å². The molecule has 0 fully saturated rings. The van der Waals surface area contributed by atoms with Gasteiger partial charge in [-0.2, -0.15) is 0 Å². The van der Waals surface area contributed by atoms with Crippen LogP contribution in [0.1, 0.15) is 30.9 Å². The van der Waals surface area contributed by atoms with E-state index in [0.29, 0.717) is 16.8 Å². The summed E-state index contributed by atoms with van der Waals surface area (Å²) in [5.74, 6) is -0.975. The van der Waals surface area contributed by atoms with Gasteiger partial charge in [-0.15, -0.1) is 0 Å². The topological polar surface area (TPSA) is 94.4 Å². The van der Waals surface area contributed by atoms with Gasteiger partial charge in [-0.25, -0.2) is 4.79 Å². The van der Waals surface area contributed by atoms with E-state index in [4.69, 9.17) is 4.74 Å². The highest BCUT2D eigenvalue weighted by Gasteiger charge is 2.35. The SMILES string of the molecule is COC(=O)C1=C(C)NC(C)=C(c2ccncc2)C1c1cccc([N+](=O)[O-])c1. The second kappa shape index (κ2) is 7.41. The number of nitrogens with zero attached hydrogens (tertiary/aromatic N) is 2. The number of benzene rings is 1. The number of nitro groups is 1. The fourth-order valence-electron chi connectivity index (χ4n) is 3.44. The van der Waals surface area contributed by atoms with Gasteiger partial charge in [0.05, 0.1) is 17.6 Å². The number of carbonyl (C=O) groups excluding carboxylic acids is 1. The van der Waals surface area contributed by atoms with Gasteiger partial charge >= 0.3 is 5.97 Å². The number of pyridine rings is 1. The van der Waals surface area contributed by atoms with Crippen LogP contribution in [0.3, 0.4) is 0 Å². The first-order chi connectivity index (χ1) is 12.9. The maximum absolute atomic E-state index is 12.6. The van der Waals surface area contributed by atoms with E-state index in [1.54, 1.807) is 31.5 Å². The molecule has 1 aromatic carbocycles. The van der Waals surface area contributed by atoms with E-state index < -0.39 is 16.8 Å². The zero-order chi connectivity index (χ0) is 19.6. The third kappa shape index (κ3) is 3.44. The van der Waals surface area contributed by atoms with Crippen LogP contribution in [0.2, 0.25) is 0 Å². The van der Waals surface area contributed by atoms with Crippen molar-refractivity contribution in [1.82, 2.24) is 10.3 Å². The number of hydrogen-bond acceptors (Lipinski definition) is 6. The molecular weight excluding hydrogens is 346 g/mol. The second-order valence-electron chi connectivity index (χ2n) is 6.21. The summed E-state index contributed by atoms with van der Waals surface area (Å²) in [6.07, 6.45) is 3.34. The van der Waals surface area contributed by atoms with Gasteiger partial charge in [-0.1, -0.05) is 12.1 Å². The van der Waals surface area contributed by atoms with E-state index in [1.165, 1.54) is 19.2 Å². The van der Waals surface area contributed by atoms with Crippen molar-refractivity contribution in [3.8, 4) is 0 Å². The van der Waals surface area contributed by atoms with E-state index in [0.717, 1.165) is 16.8 Å². The molecule has 7 heteroatoms. The second-order valence-corrected chi connectivity index (χ2v) is 6.21. The first kappa shape index (κ1) is 18.3. The Morgan fingerprint density at radius 1 is 1.19 bits per heavy atom. The average molecular weight is 365 g/mol. The van der Waals surface area contributed by atoms with Crippen LogP contribution in [0.15, 0.2) is 65.8 Å². The lowest BCUT2D eigenvalue weighted by atomic mass is 9.78. The van der Waals surface area contributed by atoms with Crippen LogP contribution in [0.25, 0.3) is 5.57 Å². The zero-order valence-corrected chi connectivity index (χ0v) is 15.2. The number of allylic oxidation sites excluding steroid dienone is 3. The molecule has 138 valence electrons. The van der Waals surface area contributed by atoms with Crippen LogP contribution in [0.5, 0.6) is 0 Å². The quantitative estimate of drug-likeness (QED) is 0.506. The molecule has 1 N–H and O–H groups in total. The molecule has 0 spiro atoms. The third-order valence-corrected chi connectivity index (χ3v) is 4.57. The number of dihydropyridines is 1. The summed E-state index contributed by atoms with van der Waals surface area (Å²) in [5, 5.41) is 14.5. The third-order valence-electron chi connectivity index (χ3n) is 4.57. The van der Waals surface area contributed by atoms with Crippen molar-refractivity contribution >= 4 is 17.2 Å². The molecule has 27 heavy (non-hydrogen) atoms. The summed E-state index contributed by atoms with van der Waals surface area (Å²) in [6, 6.07) is 10.0. The van der Waals surface area contributed by atoms with E-state index >= 15 is 0 Å². The number of nitro benzene ring substituents is 1. The molecule has 0 radical (unpaired) electrons. The lowest BCUT2D eigenvalue weighted by Gasteiger charge is -2.31. The predicted octanol–water partition coefficient (Wildman–Crippen LogP) is 3.55. The number of hydrogen-bond donors (Lipinski definition) is 1. The Morgan fingerprint density at radius 2 is 1.89 bits per heavy atom. The van der Waals surface area contributed by atoms with Gasteiger partial charge < -0.3 is 10.1 Å². The molecule has 0 aliphatic carbocycles. The van der Waals surface area contributed by atoms with Crippen molar-refractivity contribution in [2.45, 2.75) is 19.8 Å². The van der Waals surface area contributed by atoms with E-state index in [-0.39, 0.29) is 5.69 Å². The van der Waals surface area contributed by atoms with Gasteiger partial charge in [0.15, 0.2) is 0 Å². The number of esters is 1. The van der Waals surface area contributed by atoms with Crippen molar-refractivity contribution in [1.29, 1.82) is 0 Å². The summed E-state index contributed by atoms with van der Waals surface area (Å²) in [6.45, 7) is 3.71. The number of non-ortho nitro benzene ring substituents is 1. The highest BCUT2D eigenvalue weighted by atomic mass is 16.6. The maximum atomic E-state index is 12.6. The maximum Gasteiger partial charge on any atom is 0.336 e. The molecule has 2 aromatic rings. The normalized spacial score (nSPS) is 16.8. The molecule has 1 aromatic heterocycles. The van der Waals surface area contributed by atoms with Gasteiger partial charge in [0.25, 0.3) is 5.69 Å². The number of nitrogens with one attached hydrogen (secondary N) is 1. The Hall–Kier alpha value is -3.48. The van der Waals surface area contributed by atoms with Gasteiger partial charge in [-0.3, -0.25) is 15.1 Å². The highest BCUT2D eigenvalue weighted by Crippen LogP contribution is 2.44. The number of aromatic nitrogens is 1. The van der Waals surface area contributed by atoms with E-state index in [1.807, 2.05) is 19.1 Å². The van der Waals surface area contributed by atoms with E-state index in [9.17, 15) is 14.9 Å². The lowest BCUT2D eigenvalue weighted by molar-refractivity contribution is -0.384. The molecule has 1 atom stereocenters. The first-order valence-electron chi connectivity index (χ1n) is 8.35. The number of rotatable bonds is 4. The monoisotopic (exact) mass is 365 g/mol. The molecule has 1 unspecified atom stereocenters. The molecule has 1 aliphatic rings. The predicted molar refractivity (Wildman–Crippen MR) is 101 cm³/mol. The van der Waals surface area contributed by atoms with Gasteiger partial charge in [-0.05, 0) is 42.7 Å². The van der Waals surface area contributed by atoms with Crippen molar-refractivity contribution in [2.24, 2.45) is 0 Å². The van der Waals surface area contributed by atoms with Crippen molar-refractivity contribution < 1.29 is 14.5 Å². The Kier molecular flexibility index (Phi) is 5.03. The largest absolute Gasteiger partial charge is 0.466 e. The molecule has 0 saturated carbocycles. The molecule has 2 heterocycles. The van der Waals surface area contributed by atoms with Crippen LogP contribution in [-0.2, 0) is 9.53 Å². The minimum atomic E-state index is -0.499. The first-order valence-corrected chi connectivity index (χ1v) is 8.35. The molecular formula is C20H19N3O4. The lowest BCUT2D eigenvalue weighted by Crippen LogP contribution is -2.28. The summed E-state index contributed by atoms with van der Waals surface area (Å²) in [7, 11) is 1.32. The molecule has 0 bridgehead atoms. The Balaban J connectivity index is 2.26.